The van der Waals surface area contributed by atoms with Crippen molar-refractivity contribution in [1.29, 1.82) is 0 Å². The second kappa shape index (κ2) is 9.09. The number of carbonyl (C=O) groups is 1. The lowest BCUT2D eigenvalue weighted by Gasteiger charge is -2.15. The van der Waals surface area contributed by atoms with E-state index in [2.05, 4.69) is 15.9 Å². The molecule has 0 saturated carbocycles. The first-order valence-corrected chi connectivity index (χ1v) is 9.82. The molecule has 2 aromatic carbocycles. The molecule has 1 atom stereocenters. The Balaban J connectivity index is 1.95. The maximum atomic E-state index is 13.2. The minimum atomic E-state index is -4.90. The fourth-order valence-corrected chi connectivity index (χ4v) is 3.33. The summed E-state index contributed by atoms with van der Waals surface area (Å²) in [5.41, 5.74) is 0.792. The Morgan fingerprint density at radius 2 is 1.97 bits per heavy atom. The maximum absolute atomic E-state index is 13.2. The number of furan rings is 1. The van der Waals surface area contributed by atoms with Gasteiger partial charge in [-0.05, 0) is 31.2 Å². The SMILES string of the molecule is CCOC(=O)Cc1ccccc1OCc1c(C(O)C(F)(F)F)oc2ccc(Br)cc12. The van der Waals surface area contributed by atoms with Gasteiger partial charge in [0.2, 0.25) is 6.10 Å². The third kappa shape index (κ3) is 4.96. The minimum absolute atomic E-state index is 0.0419. The monoisotopic (exact) mass is 486 g/mol. The van der Waals surface area contributed by atoms with Gasteiger partial charge in [-0.15, -0.1) is 0 Å². The third-order valence-corrected chi connectivity index (χ3v) is 4.82. The Labute approximate surface area is 178 Å². The molecule has 3 rings (SSSR count). The molecule has 9 heteroatoms. The van der Waals surface area contributed by atoms with Crippen molar-refractivity contribution < 1.29 is 37.0 Å². The van der Waals surface area contributed by atoms with Crippen LogP contribution in [0.25, 0.3) is 11.0 Å². The molecule has 0 spiro atoms. The number of hydrogen-bond donors (Lipinski definition) is 1. The highest BCUT2D eigenvalue weighted by atomic mass is 79.9. The van der Waals surface area contributed by atoms with E-state index in [9.17, 15) is 23.1 Å². The lowest BCUT2D eigenvalue weighted by molar-refractivity contribution is -0.211. The lowest BCUT2D eigenvalue weighted by Crippen LogP contribution is -2.21. The van der Waals surface area contributed by atoms with E-state index in [1.165, 1.54) is 6.07 Å². The molecule has 0 bridgehead atoms. The van der Waals surface area contributed by atoms with Gasteiger partial charge in [0, 0.05) is 21.0 Å². The highest BCUT2D eigenvalue weighted by molar-refractivity contribution is 9.10. The molecule has 1 N–H and O–H groups in total. The van der Waals surface area contributed by atoms with Gasteiger partial charge < -0.3 is 19.0 Å². The Bertz CT molecular complexity index is 1040. The van der Waals surface area contributed by atoms with Crippen LogP contribution in [-0.4, -0.2) is 23.9 Å². The fraction of sp³-hybridized carbons (Fsp3) is 0.286. The quantitative estimate of drug-likeness (QED) is 0.448. The number of carbonyl (C=O) groups excluding carboxylic acids is 1. The number of rotatable bonds is 7. The predicted octanol–water partition coefficient (Wildman–Crippen LogP) is 5.48. The molecule has 30 heavy (non-hydrogen) atoms. The first-order chi connectivity index (χ1) is 14.2. The van der Waals surface area contributed by atoms with Crippen LogP contribution in [0.3, 0.4) is 0 Å². The summed E-state index contributed by atoms with van der Waals surface area (Å²) in [6.07, 6.45) is -7.74. The van der Waals surface area contributed by atoms with Gasteiger partial charge in [-0.25, -0.2) is 0 Å². The highest BCUT2D eigenvalue weighted by Crippen LogP contribution is 2.39. The zero-order valence-electron chi connectivity index (χ0n) is 15.8. The van der Waals surface area contributed by atoms with Crippen LogP contribution in [0.5, 0.6) is 5.75 Å². The van der Waals surface area contributed by atoms with E-state index in [4.69, 9.17) is 13.9 Å². The molecule has 5 nitrogen and oxygen atoms in total. The molecule has 3 aromatic rings. The smallest absolute Gasteiger partial charge is 0.421 e. The van der Waals surface area contributed by atoms with Gasteiger partial charge in [-0.2, -0.15) is 13.2 Å². The minimum Gasteiger partial charge on any atom is -0.488 e. The summed E-state index contributed by atoms with van der Waals surface area (Å²) in [4.78, 5) is 11.8. The number of benzene rings is 2. The van der Waals surface area contributed by atoms with E-state index in [0.29, 0.717) is 21.2 Å². The van der Waals surface area contributed by atoms with Crippen LogP contribution in [-0.2, 0) is 22.6 Å². The Morgan fingerprint density at radius 3 is 2.67 bits per heavy atom. The molecule has 0 radical (unpaired) electrons. The van der Waals surface area contributed by atoms with Crippen molar-refractivity contribution in [3.63, 3.8) is 0 Å². The summed E-state index contributed by atoms with van der Waals surface area (Å²) in [5.74, 6) is -0.750. The molecule has 1 aromatic heterocycles. The van der Waals surface area contributed by atoms with Gasteiger partial charge in [0.05, 0.1) is 13.0 Å². The summed E-state index contributed by atoms with van der Waals surface area (Å²) in [7, 11) is 0. The Morgan fingerprint density at radius 1 is 1.23 bits per heavy atom. The van der Waals surface area contributed by atoms with Crippen LogP contribution in [0.15, 0.2) is 51.4 Å². The second-order valence-electron chi connectivity index (χ2n) is 6.41. The molecule has 0 amide bonds. The van der Waals surface area contributed by atoms with Crippen LogP contribution in [0.1, 0.15) is 29.9 Å². The molecule has 0 aliphatic heterocycles. The second-order valence-corrected chi connectivity index (χ2v) is 7.32. The Kier molecular flexibility index (Phi) is 6.72. The van der Waals surface area contributed by atoms with Gasteiger partial charge >= 0.3 is 12.1 Å². The molecule has 1 unspecified atom stereocenters. The van der Waals surface area contributed by atoms with Crippen molar-refractivity contribution in [3.05, 3.63) is 63.8 Å². The molecule has 0 saturated heterocycles. The van der Waals surface area contributed by atoms with Crippen LogP contribution in [0, 0.1) is 0 Å². The van der Waals surface area contributed by atoms with Gasteiger partial charge in [0.25, 0.3) is 0 Å². The zero-order chi connectivity index (χ0) is 21.9. The van der Waals surface area contributed by atoms with Crippen LogP contribution in [0.4, 0.5) is 13.2 Å². The molecule has 1 heterocycles. The largest absolute Gasteiger partial charge is 0.488 e. The number of halogens is 4. The van der Waals surface area contributed by atoms with Crippen molar-refractivity contribution in [1.82, 2.24) is 0 Å². The number of fused-ring (bicyclic) bond motifs is 1. The number of aliphatic hydroxyl groups excluding tert-OH is 1. The lowest BCUT2D eigenvalue weighted by atomic mass is 10.1. The highest BCUT2D eigenvalue weighted by Gasteiger charge is 2.43. The topological polar surface area (TPSA) is 68.9 Å². The van der Waals surface area contributed by atoms with E-state index < -0.39 is 24.0 Å². The normalized spacial score (nSPS) is 12.7. The summed E-state index contributed by atoms with van der Waals surface area (Å²) in [6.45, 7) is 1.62. The van der Waals surface area contributed by atoms with Crippen molar-refractivity contribution in [2.45, 2.75) is 32.2 Å². The first-order valence-electron chi connectivity index (χ1n) is 9.02. The average molecular weight is 487 g/mol. The van der Waals surface area contributed by atoms with E-state index in [1.807, 2.05) is 0 Å². The fourth-order valence-electron chi connectivity index (χ4n) is 2.97. The van der Waals surface area contributed by atoms with Crippen LogP contribution >= 0.6 is 15.9 Å². The van der Waals surface area contributed by atoms with Crippen molar-refractivity contribution in [2.24, 2.45) is 0 Å². The third-order valence-electron chi connectivity index (χ3n) is 4.33. The van der Waals surface area contributed by atoms with Gasteiger partial charge in [0.15, 0.2) is 0 Å². The number of aliphatic hydroxyl groups is 1. The van der Waals surface area contributed by atoms with E-state index in [-0.39, 0.29) is 30.8 Å². The van der Waals surface area contributed by atoms with Gasteiger partial charge in [-0.1, -0.05) is 34.1 Å². The standard InChI is InChI=1S/C21H18BrF3O5/c1-2-28-18(26)9-12-5-3-4-6-16(12)29-11-15-14-10-13(22)7-8-17(14)30-19(15)20(27)21(23,24)25/h3-8,10,20,27H,2,9,11H2,1H3. The van der Waals surface area contributed by atoms with Crippen molar-refractivity contribution >= 4 is 32.9 Å². The predicted molar refractivity (Wildman–Crippen MR) is 106 cm³/mol. The van der Waals surface area contributed by atoms with E-state index in [0.717, 1.165) is 0 Å². The van der Waals surface area contributed by atoms with Gasteiger partial charge in [0.1, 0.15) is 23.7 Å². The molecular formula is C21H18BrF3O5. The van der Waals surface area contributed by atoms with Crippen LogP contribution in [0.2, 0.25) is 0 Å². The van der Waals surface area contributed by atoms with Crippen molar-refractivity contribution in [2.75, 3.05) is 6.61 Å². The number of ether oxygens (including phenoxy) is 2. The maximum Gasteiger partial charge on any atom is 0.421 e. The molecule has 0 fully saturated rings. The number of alkyl halides is 3. The summed E-state index contributed by atoms with van der Waals surface area (Å²) in [5, 5.41) is 10.2. The molecule has 160 valence electrons. The van der Waals surface area contributed by atoms with Gasteiger partial charge in [-0.3, -0.25) is 4.79 Å². The molecular weight excluding hydrogens is 469 g/mol. The zero-order valence-corrected chi connectivity index (χ0v) is 17.4. The van der Waals surface area contributed by atoms with E-state index >= 15 is 0 Å². The number of esters is 1. The number of hydrogen-bond acceptors (Lipinski definition) is 5. The summed E-state index contributed by atoms with van der Waals surface area (Å²) >= 11 is 3.28. The average Bonchev–Trinajstić information content (AvgIpc) is 3.03. The Hall–Kier alpha value is -2.52. The molecule has 0 aliphatic rings. The van der Waals surface area contributed by atoms with E-state index in [1.54, 1.807) is 43.3 Å². The van der Waals surface area contributed by atoms with Crippen molar-refractivity contribution in [3.8, 4) is 5.75 Å². The summed E-state index contributed by atoms with van der Waals surface area (Å²) in [6, 6.07) is 11.4. The first kappa shape index (κ1) is 22.2. The van der Waals surface area contributed by atoms with Crippen LogP contribution < -0.4 is 4.74 Å². The molecule has 0 aliphatic carbocycles. The number of para-hydroxylation sites is 1. The summed E-state index contributed by atoms with van der Waals surface area (Å²) < 4.78 is 56.1.